The molecule has 3 heterocycles. The Hall–Kier alpha value is -2.67. The molecule has 1 saturated heterocycles. The molecule has 1 aromatic heterocycles. The topological polar surface area (TPSA) is 64.1 Å². The minimum atomic E-state index is -1.03. The maximum absolute atomic E-state index is 12.7. The standard InChI is InChI=1S/C24H28ClN3O4/c1-23(2,3)32-22(29)28-13-12-27(16-9-10-17(16)28)18-6-5-7-19-21(18)31-24(4,30-19)20-11-8-15(25)14-26-20/h5-8,11,14,16-17H,9-10,12-13H2,1-4H3/t16-,17-,24?/m1/s1. The first-order chi connectivity index (χ1) is 15.1. The number of carbonyl (C=O) groups excluding carboxylic acids is 1. The lowest BCUT2D eigenvalue weighted by Crippen LogP contribution is -2.66. The number of para-hydroxylation sites is 1. The highest BCUT2D eigenvalue weighted by Crippen LogP contribution is 2.51. The largest absolute Gasteiger partial charge is 0.444 e. The third-order valence-electron chi connectivity index (χ3n) is 6.27. The molecule has 1 saturated carbocycles. The summed E-state index contributed by atoms with van der Waals surface area (Å²) in [7, 11) is 0. The fourth-order valence-corrected chi connectivity index (χ4v) is 4.78. The Morgan fingerprint density at radius 3 is 2.59 bits per heavy atom. The summed E-state index contributed by atoms with van der Waals surface area (Å²) in [6.07, 6.45) is 3.35. The number of anilines is 1. The van der Waals surface area contributed by atoms with E-state index in [4.69, 9.17) is 25.8 Å². The highest BCUT2D eigenvalue weighted by Gasteiger charge is 2.48. The third kappa shape index (κ3) is 3.62. The molecule has 1 aliphatic carbocycles. The van der Waals surface area contributed by atoms with E-state index >= 15 is 0 Å². The maximum atomic E-state index is 12.7. The first-order valence-electron chi connectivity index (χ1n) is 11.0. The summed E-state index contributed by atoms with van der Waals surface area (Å²) < 4.78 is 18.2. The summed E-state index contributed by atoms with van der Waals surface area (Å²) in [5, 5.41) is 0.562. The van der Waals surface area contributed by atoms with Crippen molar-refractivity contribution in [2.75, 3.05) is 18.0 Å². The molecule has 7 nitrogen and oxygen atoms in total. The van der Waals surface area contributed by atoms with Crippen LogP contribution in [0.15, 0.2) is 36.5 Å². The summed E-state index contributed by atoms with van der Waals surface area (Å²) in [5.41, 5.74) is 1.14. The minimum Gasteiger partial charge on any atom is -0.444 e. The first-order valence-corrected chi connectivity index (χ1v) is 11.4. The average Bonchev–Trinajstić information content (AvgIpc) is 3.05. The van der Waals surface area contributed by atoms with E-state index in [1.165, 1.54) is 0 Å². The summed E-state index contributed by atoms with van der Waals surface area (Å²) >= 11 is 6.00. The quantitative estimate of drug-likeness (QED) is 0.634. The van der Waals surface area contributed by atoms with Crippen LogP contribution in [0.3, 0.4) is 0 Å². The highest BCUT2D eigenvalue weighted by atomic mass is 35.5. The van der Waals surface area contributed by atoms with Gasteiger partial charge < -0.3 is 24.0 Å². The second-order valence-electron chi connectivity index (χ2n) is 9.70. The van der Waals surface area contributed by atoms with Gasteiger partial charge in [0.1, 0.15) is 11.3 Å². The van der Waals surface area contributed by atoms with Crippen LogP contribution in [0.4, 0.5) is 10.5 Å². The van der Waals surface area contributed by atoms with Crippen molar-refractivity contribution >= 4 is 23.4 Å². The summed E-state index contributed by atoms with van der Waals surface area (Å²) in [4.78, 5) is 21.4. The molecule has 0 radical (unpaired) electrons. The predicted octanol–water partition coefficient (Wildman–Crippen LogP) is 4.97. The first kappa shape index (κ1) is 21.2. The van der Waals surface area contributed by atoms with Gasteiger partial charge in [-0.25, -0.2) is 4.79 Å². The molecule has 0 bridgehead atoms. The van der Waals surface area contributed by atoms with Crippen LogP contribution in [0.25, 0.3) is 0 Å². The van der Waals surface area contributed by atoms with Crippen LogP contribution in [0.1, 0.15) is 46.2 Å². The Kier molecular flexibility index (Phi) is 4.93. The molecule has 1 aromatic carbocycles. The van der Waals surface area contributed by atoms with Crippen LogP contribution in [-0.2, 0) is 10.5 Å². The van der Waals surface area contributed by atoms with E-state index in [0.717, 1.165) is 18.5 Å². The van der Waals surface area contributed by atoms with Crippen LogP contribution < -0.4 is 14.4 Å². The van der Waals surface area contributed by atoms with Crippen LogP contribution >= 0.6 is 11.6 Å². The number of fused-ring (bicyclic) bond motifs is 2. The number of benzene rings is 1. The lowest BCUT2D eigenvalue weighted by Gasteiger charge is -2.54. The van der Waals surface area contributed by atoms with Gasteiger partial charge in [-0.15, -0.1) is 0 Å². The molecule has 1 amide bonds. The van der Waals surface area contributed by atoms with Crippen molar-refractivity contribution in [3.8, 4) is 11.5 Å². The number of halogens is 1. The second-order valence-corrected chi connectivity index (χ2v) is 10.1. The van der Waals surface area contributed by atoms with E-state index in [9.17, 15) is 4.79 Å². The Morgan fingerprint density at radius 1 is 1.16 bits per heavy atom. The van der Waals surface area contributed by atoms with Crippen molar-refractivity contribution in [1.82, 2.24) is 9.88 Å². The van der Waals surface area contributed by atoms with Crippen LogP contribution in [-0.4, -0.2) is 46.8 Å². The number of rotatable bonds is 2. The number of nitrogens with zero attached hydrogens (tertiary/aromatic N) is 3. The molecule has 3 atom stereocenters. The SMILES string of the molecule is CC(C)(C)OC(=O)N1CCN(c2cccc3c2OC(C)(c2ccc(Cl)cn2)O3)[C@@H]2CC[C@H]21. The smallest absolute Gasteiger partial charge is 0.410 e. The molecule has 3 aliphatic rings. The molecule has 2 fully saturated rings. The van der Waals surface area contributed by atoms with Crippen molar-refractivity contribution in [2.24, 2.45) is 0 Å². The second kappa shape index (κ2) is 7.44. The zero-order valence-electron chi connectivity index (χ0n) is 18.8. The molecule has 170 valence electrons. The normalized spacial score (nSPS) is 26.4. The molecule has 0 spiro atoms. The number of amides is 1. The summed E-state index contributed by atoms with van der Waals surface area (Å²) in [5.74, 6) is 0.371. The van der Waals surface area contributed by atoms with Crippen molar-refractivity contribution in [1.29, 1.82) is 0 Å². The van der Waals surface area contributed by atoms with E-state index in [1.54, 1.807) is 12.3 Å². The van der Waals surface area contributed by atoms with Crippen molar-refractivity contribution < 1.29 is 19.0 Å². The van der Waals surface area contributed by atoms with E-state index in [0.29, 0.717) is 35.3 Å². The van der Waals surface area contributed by atoms with E-state index in [1.807, 2.05) is 50.8 Å². The monoisotopic (exact) mass is 457 g/mol. The van der Waals surface area contributed by atoms with Gasteiger partial charge in [0.05, 0.1) is 16.8 Å². The number of hydrogen-bond donors (Lipinski definition) is 0. The zero-order valence-corrected chi connectivity index (χ0v) is 19.6. The van der Waals surface area contributed by atoms with Crippen molar-refractivity contribution in [3.05, 3.63) is 47.2 Å². The summed E-state index contributed by atoms with van der Waals surface area (Å²) in [6, 6.07) is 9.91. The van der Waals surface area contributed by atoms with Gasteiger partial charge in [0.2, 0.25) is 0 Å². The number of carbonyl (C=O) groups is 1. The molecule has 32 heavy (non-hydrogen) atoms. The predicted molar refractivity (Wildman–Crippen MR) is 121 cm³/mol. The Balaban J connectivity index is 1.38. The molecular formula is C24H28ClN3O4. The Labute approximate surface area is 193 Å². The highest BCUT2D eigenvalue weighted by molar-refractivity contribution is 6.30. The lowest BCUT2D eigenvalue weighted by molar-refractivity contribution is -0.0716. The Bertz CT molecular complexity index is 1040. The molecule has 2 aromatic rings. The molecule has 0 N–H and O–H groups in total. The molecule has 8 heteroatoms. The van der Waals surface area contributed by atoms with Gasteiger partial charge >= 0.3 is 6.09 Å². The molecule has 1 unspecified atom stereocenters. The van der Waals surface area contributed by atoms with Gasteiger partial charge in [0.15, 0.2) is 11.5 Å². The number of pyridine rings is 1. The van der Waals surface area contributed by atoms with E-state index in [-0.39, 0.29) is 18.2 Å². The van der Waals surface area contributed by atoms with Crippen LogP contribution in [0.5, 0.6) is 11.5 Å². The third-order valence-corrected chi connectivity index (χ3v) is 6.50. The fourth-order valence-electron chi connectivity index (χ4n) is 4.67. The summed E-state index contributed by atoms with van der Waals surface area (Å²) in [6.45, 7) is 8.87. The maximum Gasteiger partial charge on any atom is 0.410 e. The van der Waals surface area contributed by atoms with Gasteiger partial charge in [0, 0.05) is 32.3 Å². The van der Waals surface area contributed by atoms with Crippen LogP contribution in [0, 0.1) is 0 Å². The fraction of sp³-hybridized carbons (Fsp3) is 0.500. The van der Waals surface area contributed by atoms with Gasteiger partial charge in [0.25, 0.3) is 5.79 Å². The number of aromatic nitrogens is 1. The van der Waals surface area contributed by atoms with Gasteiger partial charge in [-0.3, -0.25) is 4.98 Å². The molecule has 2 aliphatic heterocycles. The zero-order chi connectivity index (χ0) is 22.7. The minimum absolute atomic E-state index is 0.140. The lowest BCUT2D eigenvalue weighted by atomic mass is 9.81. The van der Waals surface area contributed by atoms with Crippen molar-refractivity contribution in [2.45, 2.75) is 64.0 Å². The van der Waals surface area contributed by atoms with Gasteiger partial charge in [-0.2, -0.15) is 0 Å². The van der Waals surface area contributed by atoms with Crippen molar-refractivity contribution in [3.63, 3.8) is 0 Å². The van der Waals surface area contributed by atoms with Crippen LogP contribution in [0.2, 0.25) is 5.02 Å². The number of ether oxygens (including phenoxy) is 3. The van der Waals surface area contributed by atoms with Gasteiger partial charge in [-0.1, -0.05) is 17.7 Å². The number of hydrogen-bond acceptors (Lipinski definition) is 6. The van der Waals surface area contributed by atoms with Gasteiger partial charge in [-0.05, 0) is 57.9 Å². The Morgan fingerprint density at radius 2 is 1.94 bits per heavy atom. The van der Waals surface area contributed by atoms with E-state index < -0.39 is 11.4 Å². The molecular weight excluding hydrogens is 430 g/mol. The number of piperazine rings is 1. The molecule has 5 rings (SSSR count). The van der Waals surface area contributed by atoms with E-state index in [2.05, 4.69) is 16.0 Å². The average molecular weight is 458 g/mol.